The monoisotopic (exact) mass is 241 g/mol. The molecule has 0 saturated heterocycles. The minimum Gasteiger partial charge on any atom is -0.363 e. The zero-order valence-corrected chi connectivity index (χ0v) is 9.35. The SMILES string of the molecule is CCn1nccc1CNc1ccn(C(F)F)n1. The van der Waals surface area contributed by atoms with Gasteiger partial charge in [-0.15, -0.1) is 0 Å². The van der Waals surface area contributed by atoms with Crippen LogP contribution in [0.5, 0.6) is 0 Å². The van der Waals surface area contributed by atoms with Gasteiger partial charge in [0.15, 0.2) is 0 Å². The van der Waals surface area contributed by atoms with Crippen molar-refractivity contribution in [1.29, 1.82) is 0 Å². The number of hydrogen-bond donors (Lipinski definition) is 1. The van der Waals surface area contributed by atoms with Crippen LogP contribution < -0.4 is 5.32 Å². The molecule has 0 aliphatic heterocycles. The molecule has 0 amide bonds. The van der Waals surface area contributed by atoms with Crippen molar-refractivity contribution in [2.45, 2.75) is 26.6 Å². The van der Waals surface area contributed by atoms with E-state index in [2.05, 4.69) is 15.5 Å². The molecule has 2 aromatic rings. The highest BCUT2D eigenvalue weighted by atomic mass is 19.3. The minimum absolute atomic E-state index is 0.425. The molecule has 0 aromatic carbocycles. The summed E-state index contributed by atoms with van der Waals surface area (Å²) in [7, 11) is 0. The molecule has 17 heavy (non-hydrogen) atoms. The normalized spacial score (nSPS) is 11.1. The third kappa shape index (κ3) is 2.61. The Morgan fingerprint density at radius 1 is 1.41 bits per heavy atom. The fraction of sp³-hybridized carbons (Fsp3) is 0.400. The van der Waals surface area contributed by atoms with Gasteiger partial charge in [-0.2, -0.15) is 19.0 Å². The molecule has 0 aliphatic carbocycles. The van der Waals surface area contributed by atoms with Gasteiger partial charge in [-0.1, -0.05) is 0 Å². The Balaban J connectivity index is 1.97. The molecule has 0 unspecified atom stereocenters. The van der Waals surface area contributed by atoms with E-state index in [0.29, 0.717) is 17.0 Å². The predicted octanol–water partition coefficient (Wildman–Crippen LogP) is 2.11. The van der Waals surface area contributed by atoms with Gasteiger partial charge in [0.05, 0.1) is 12.2 Å². The van der Waals surface area contributed by atoms with Crippen LogP contribution in [0.15, 0.2) is 24.5 Å². The van der Waals surface area contributed by atoms with Crippen molar-refractivity contribution in [3.05, 3.63) is 30.2 Å². The molecule has 5 nitrogen and oxygen atoms in total. The van der Waals surface area contributed by atoms with Crippen LogP contribution in [-0.2, 0) is 13.1 Å². The first-order chi connectivity index (χ1) is 8.20. The maximum Gasteiger partial charge on any atom is 0.333 e. The van der Waals surface area contributed by atoms with Gasteiger partial charge in [0.25, 0.3) is 0 Å². The van der Waals surface area contributed by atoms with Crippen molar-refractivity contribution in [1.82, 2.24) is 19.6 Å². The van der Waals surface area contributed by atoms with Gasteiger partial charge < -0.3 is 5.32 Å². The van der Waals surface area contributed by atoms with E-state index in [-0.39, 0.29) is 0 Å². The zero-order valence-electron chi connectivity index (χ0n) is 9.35. The maximum atomic E-state index is 12.3. The summed E-state index contributed by atoms with van der Waals surface area (Å²) < 4.78 is 27.0. The van der Waals surface area contributed by atoms with E-state index in [0.717, 1.165) is 12.2 Å². The van der Waals surface area contributed by atoms with Crippen LogP contribution in [0.25, 0.3) is 0 Å². The summed E-state index contributed by atoms with van der Waals surface area (Å²) in [6.45, 7) is 0.665. The molecular formula is C10H13F2N5. The van der Waals surface area contributed by atoms with E-state index >= 15 is 0 Å². The Bertz CT molecular complexity index is 477. The van der Waals surface area contributed by atoms with Crippen molar-refractivity contribution < 1.29 is 8.78 Å². The minimum atomic E-state index is -2.60. The smallest absolute Gasteiger partial charge is 0.333 e. The van der Waals surface area contributed by atoms with Crippen LogP contribution >= 0.6 is 0 Å². The summed E-state index contributed by atoms with van der Waals surface area (Å²) >= 11 is 0. The quantitative estimate of drug-likeness (QED) is 0.872. The summed E-state index contributed by atoms with van der Waals surface area (Å²) in [6.07, 6.45) is 2.95. The lowest BCUT2D eigenvalue weighted by Crippen LogP contribution is -2.08. The Labute approximate surface area is 97.0 Å². The van der Waals surface area contributed by atoms with Gasteiger partial charge in [0.1, 0.15) is 5.82 Å². The third-order valence-corrected chi connectivity index (χ3v) is 2.36. The van der Waals surface area contributed by atoms with Gasteiger partial charge >= 0.3 is 6.55 Å². The molecule has 0 radical (unpaired) electrons. The van der Waals surface area contributed by atoms with Crippen molar-refractivity contribution in [2.75, 3.05) is 5.32 Å². The van der Waals surface area contributed by atoms with Crippen molar-refractivity contribution in [3.8, 4) is 0 Å². The first-order valence-corrected chi connectivity index (χ1v) is 5.28. The second kappa shape index (κ2) is 4.94. The lowest BCUT2D eigenvalue weighted by molar-refractivity contribution is 0.0569. The number of anilines is 1. The fourth-order valence-electron chi connectivity index (χ4n) is 1.52. The van der Waals surface area contributed by atoms with Gasteiger partial charge in [0, 0.05) is 25.0 Å². The highest BCUT2D eigenvalue weighted by Crippen LogP contribution is 2.12. The number of hydrogen-bond acceptors (Lipinski definition) is 3. The molecule has 0 bridgehead atoms. The molecule has 1 N–H and O–H groups in total. The van der Waals surface area contributed by atoms with Gasteiger partial charge in [-0.05, 0) is 13.0 Å². The largest absolute Gasteiger partial charge is 0.363 e. The standard InChI is InChI=1S/C10H13F2N5/c1-2-16-8(3-5-14-16)7-13-9-4-6-17(15-9)10(11)12/h3-6,10H,2,7H2,1H3,(H,13,15). The summed E-state index contributed by atoms with van der Waals surface area (Å²) in [5.74, 6) is 0.425. The second-order valence-electron chi connectivity index (χ2n) is 3.45. The van der Waals surface area contributed by atoms with Crippen LogP contribution in [0, 0.1) is 0 Å². The molecule has 0 aliphatic rings. The van der Waals surface area contributed by atoms with E-state index in [4.69, 9.17) is 0 Å². The van der Waals surface area contributed by atoms with Gasteiger partial charge in [0.2, 0.25) is 0 Å². The first-order valence-electron chi connectivity index (χ1n) is 5.28. The number of halogens is 2. The molecule has 2 aromatic heterocycles. The molecule has 2 rings (SSSR count). The lowest BCUT2D eigenvalue weighted by Gasteiger charge is -2.05. The molecule has 0 saturated carbocycles. The average Bonchev–Trinajstić information content (AvgIpc) is 2.95. The highest BCUT2D eigenvalue weighted by molar-refractivity contribution is 5.32. The molecule has 0 fully saturated rings. The second-order valence-corrected chi connectivity index (χ2v) is 3.45. The van der Waals surface area contributed by atoms with Crippen LogP contribution in [0.1, 0.15) is 19.2 Å². The van der Waals surface area contributed by atoms with E-state index in [1.54, 1.807) is 6.20 Å². The Morgan fingerprint density at radius 3 is 2.88 bits per heavy atom. The Morgan fingerprint density at radius 2 is 2.24 bits per heavy atom. The van der Waals surface area contributed by atoms with Crippen molar-refractivity contribution in [2.24, 2.45) is 0 Å². The molecule has 7 heteroatoms. The summed E-state index contributed by atoms with van der Waals surface area (Å²) in [6, 6.07) is 3.39. The van der Waals surface area contributed by atoms with E-state index in [9.17, 15) is 8.78 Å². The molecular weight excluding hydrogens is 228 g/mol. The number of aryl methyl sites for hydroxylation is 1. The number of alkyl halides is 2. The van der Waals surface area contributed by atoms with Crippen LogP contribution in [0.3, 0.4) is 0 Å². The van der Waals surface area contributed by atoms with Gasteiger partial charge in [-0.3, -0.25) is 4.68 Å². The molecule has 92 valence electrons. The molecule has 0 atom stereocenters. The van der Waals surface area contributed by atoms with E-state index < -0.39 is 6.55 Å². The van der Waals surface area contributed by atoms with E-state index in [1.165, 1.54) is 12.3 Å². The zero-order chi connectivity index (χ0) is 12.3. The number of rotatable bonds is 5. The summed E-state index contributed by atoms with van der Waals surface area (Å²) in [4.78, 5) is 0. The number of nitrogens with one attached hydrogen (secondary N) is 1. The summed E-state index contributed by atoms with van der Waals surface area (Å²) in [5, 5.41) is 10.8. The van der Waals surface area contributed by atoms with Crippen molar-refractivity contribution >= 4 is 5.82 Å². The molecule has 0 spiro atoms. The van der Waals surface area contributed by atoms with Crippen molar-refractivity contribution in [3.63, 3.8) is 0 Å². The van der Waals surface area contributed by atoms with Crippen LogP contribution in [0.4, 0.5) is 14.6 Å². The van der Waals surface area contributed by atoms with Crippen LogP contribution in [-0.4, -0.2) is 19.6 Å². The average molecular weight is 241 g/mol. The Kier molecular flexibility index (Phi) is 3.36. The lowest BCUT2D eigenvalue weighted by atomic mass is 10.4. The number of nitrogens with zero attached hydrogens (tertiary/aromatic N) is 4. The van der Waals surface area contributed by atoms with Gasteiger partial charge in [-0.25, -0.2) is 4.68 Å². The summed E-state index contributed by atoms with van der Waals surface area (Å²) in [5.41, 5.74) is 0.985. The topological polar surface area (TPSA) is 47.7 Å². The number of aromatic nitrogens is 4. The third-order valence-electron chi connectivity index (χ3n) is 2.36. The first kappa shape index (κ1) is 11.6. The highest BCUT2D eigenvalue weighted by Gasteiger charge is 2.07. The van der Waals surface area contributed by atoms with E-state index in [1.807, 2.05) is 17.7 Å². The maximum absolute atomic E-state index is 12.3. The predicted molar refractivity (Wildman–Crippen MR) is 58.7 cm³/mol. The molecule has 2 heterocycles. The Hall–Kier alpha value is -1.92. The van der Waals surface area contributed by atoms with Crippen LogP contribution in [0.2, 0.25) is 0 Å². The fourth-order valence-corrected chi connectivity index (χ4v) is 1.52.